The Labute approximate surface area is 208 Å². The van der Waals surface area contributed by atoms with E-state index < -0.39 is 17.2 Å². The van der Waals surface area contributed by atoms with Gasteiger partial charge in [-0.15, -0.1) is 0 Å². The average molecular weight is 481 g/mol. The first-order chi connectivity index (χ1) is 17.5. The molecular formula is C32H23F3O. The zero-order chi connectivity index (χ0) is 25.0. The minimum Gasteiger partial charge on any atom is -0.457 e. The van der Waals surface area contributed by atoms with Gasteiger partial charge >= 0.3 is 6.18 Å². The van der Waals surface area contributed by atoms with E-state index in [0.717, 1.165) is 34.4 Å². The van der Waals surface area contributed by atoms with Gasteiger partial charge in [0, 0.05) is 0 Å². The van der Waals surface area contributed by atoms with Gasteiger partial charge in [-0.2, -0.15) is 13.2 Å². The number of halogens is 3. The highest BCUT2D eigenvalue weighted by molar-refractivity contribution is 5.61. The molecule has 0 saturated carbocycles. The molecule has 0 unspecified atom stereocenters. The predicted octanol–water partition coefficient (Wildman–Crippen LogP) is 8.88. The Morgan fingerprint density at radius 1 is 0.389 bits per heavy atom. The molecule has 0 spiro atoms. The largest absolute Gasteiger partial charge is 0.457 e. The topological polar surface area (TPSA) is 9.23 Å². The number of rotatable bonds is 6. The van der Waals surface area contributed by atoms with Crippen LogP contribution in [0.15, 0.2) is 140 Å². The summed E-state index contributed by atoms with van der Waals surface area (Å²) in [5.74, 6) is 1.34. The molecule has 0 bridgehead atoms. The van der Waals surface area contributed by atoms with E-state index in [4.69, 9.17) is 4.74 Å². The molecule has 0 aliphatic carbocycles. The zero-order valence-electron chi connectivity index (χ0n) is 19.3. The predicted molar refractivity (Wildman–Crippen MR) is 136 cm³/mol. The number of hydrogen-bond donors (Lipinski definition) is 0. The van der Waals surface area contributed by atoms with Crippen molar-refractivity contribution in [3.63, 3.8) is 0 Å². The molecule has 0 fully saturated rings. The smallest absolute Gasteiger partial charge is 0.416 e. The minimum absolute atomic E-state index is 0.641. The van der Waals surface area contributed by atoms with Gasteiger partial charge in [-0.3, -0.25) is 0 Å². The number of benzene rings is 5. The van der Waals surface area contributed by atoms with Crippen LogP contribution in [-0.2, 0) is 11.6 Å². The van der Waals surface area contributed by atoms with Crippen molar-refractivity contribution in [1.29, 1.82) is 0 Å². The standard InChI is InChI=1S/C32H23F3O/c33-32(34,35)27-21-19-26(20-22-27)31(24-11-4-1-5-12-24,25-13-6-2-7-14-25)28-15-10-18-30(23-28)36-29-16-8-3-9-17-29/h1-23H. The highest BCUT2D eigenvalue weighted by atomic mass is 19.4. The normalized spacial score (nSPS) is 11.8. The second kappa shape index (κ2) is 9.74. The van der Waals surface area contributed by atoms with E-state index >= 15 is 0 Å². The lowest BCUT2D eigenvalue weighted by molar-refractivity contribution is -0.137. The first-order valence-corrected chi connectivity index (χ1v) is 11.6. The lowest BCUT2D eigenvalue weighted by atomic mass is 9.65. The Kier molecular flexibility index (Phi) is 6.34. The number of para-hydroxylation sites is 1. The van der Waals surface area contributed by atoms with Crippen LogP contribution < -0.4 is 4.74 Å². The summed E-state index contributed by atoms with van der Waals surface area (Å²) in [6.45, 7) is 0. The van der Waals surface area contributed by atoms with Crippen molar-refractivity contribution in [3.05, 3.63) is 167 Å². The van der Waals surface area contributed by atoms with Crippen molar-refractivity contribution in [2.24, 2.45) is 0 Å². The van der Waals surface area contributed by atoms with Gasteiger partial charge in [-0.25, -0.2) is 0 Å². The summed E-state index contributed by atoms with van der Waals surface area (Å²) in [6, 6.07) is 42.4. The molecule has 0 aromatic heterocycles. The van der Waals surface area contributed by atoms with Gasteiger partial charge in [0.05, 0.1) is 11.0 Å². The molecule has 0 aliphatic heterocycles. The van der Waals surface area contributed by atoms with Crippen LogP contribution in [0.2, 0.25) is 0 Å². The molecule has 1 nitrogen and oxygen atoms in total. The summed E-state index contributed by atoms with van der Waals surface area (Å²) in [5.41, 5.74) is 1.93. The van der Waals surface area contributed by atoms with Gasteiger partial charge in [-0.1, -0.05) is 103 Å². The maximum Gasteiger partial charge on any atom is 0.416 e. The van der Waals surface area contributed by atoms with Crippen LogP contribution in [-0.4, -0.2) is 0 Å². The maximum absolute atomic E-state index is 13.4. The maximum atomic E-state index is 13.4. The molecule has 0 saturated heterocycles. The van der Waals surface area contributed by atoms with E-state index in [9.17, 15) is 13.2 Å². The van der Waals surface area contributed by atoms with Crippen LogP contribution in [0.3, 0.4) is 0 Å². The number of hydrogen-bond acceptors (Lipinski definition) is 1. The van der Waals surface area contributed by atoms with Crippen molar-refractivity contribution >= 4 is 0 Å². The molecule has 5 rings (SSSR count). The summed E-state index contributed by atoms with van der Waals surface area (Å²) in [6.07, 6.45) is -4.41. The molecule has 4 heteroatoms. The van der Waals surface area contributed by atoms with Crippen molar-refractivity contribution in [3.8, 4) is 11.5 Å². The van der Waals surface area contributed by atoms with Crippen LogP contribution in [0.4, 0.5) is 13.2 Å². The van der Waals surface area contributed by atoms with E-state index in [-0.39, 0.29) is 0 Å². The van der Waals surface area contributed by atoms with Gasteiger partial charge in [0.15, 0.2) is 0 Å². The first-order valence-electron chi connectivity index (χ1n) is 11.6. The van der Waals surface area contributed by atoms with Crippen molar-refractivity contribution in [1.82, 2.24) is 0 Å². The van der Waals surface area contributed by atoms with Crippen LogP contribution in [0.1, 0.15) is 27.8 Å². The van der Waals surface area contributed by atoms with Gasteiger partial charge in [0.2, 0.25) is 0 Å². The average Bonchev–Trinajstić information content (AvgIpc) is 2.91. The van der Waals surface area contributed by atoms with E-state index in [1.165, 1.54) is 0 Å². The van der Waals surface area contributed by atoms with E-state index in [0.29, 0.717) is 11.5 Å². The minimum atomic E-state index is -4.41. The van der Waals surface area contributed by atoms with Crippen LogP contribution in [0.25, 0.3) is 0 Å². The van der Waals surface area contributed by atoms with Crippen molar-refractivity contribution < 1.29 is 17.9 Å². The molecule has 5 aromatic carbocycles. The molecule has 0 atom stereocenters. The third kappa shape index (κ3) is 4.50. The number of ether oxygens (including phenoxy) is 1. The monoisotopic (exact) mass is 480 g/mol. The SMILES string of the molecule is FC(F)(F)c1ccc(C(c2ccccc2)(c2ccccc2)c2cccc(Oc3ccccc3)c2)cc1. The van der Waals surface area contributed by atoms with Crippen LogP contribution >= 0.6 is 0 Å². The van der Waals surface area contributed by atoms with Crippen LogP contribution in [0, 0.1) is 0 Å². The third-order valence-corrected chi connectivity index (χ3v) is 6.30. The quantitative estimate of drug-likeness (QED) is 0.221. The fraction of sp³-hybridized carbons (Fsp3) is 0.0625. The highest BCUT2D eigenvalue weighted by Gasteiger charge is 2.39. The van der Waals surface area contributed by atoms with Crippen LogP contribution in [0.5, 0.6) is 11.5 Å². The highest BCUT2D eigenvalue weighted by Crippen LogP contribution is 2.46. The summed E-state index contributed by atoms with van der Waals surface area (Å²) < 4.78 is 46.4. The molecular weight excluding hydrogens is 457 g/mol. The lowest BCUT2D eigenvalue weighted by Crippen LogP contribution is -2.31. The van der Waals surface area contributed by atoms with Gasteiger partial charge in [0.25, 0.3) is 0 Å². The first kappa shape index (κ1) is 23.4. The summed E-state index contributed by atoms with van der Waals surface area (Å²) >= 11 is 0. The van der Waals surface area contributed by atoms with Gasteiger partial charge < -0.3 is 4.74 Å². The van der Waals surface area contributed by atoms with Crippen molar-refractivity contribution in [2.75, 3.05) is 0 Å². The van der Waals surface area contributed by atoms with Gasteiger partial charge in [-0.05, 0) is 58.7 Å². The van der Waals surface area contributed by atoms with E-state index in [1.54, 1.807) is 12.1 Å². The second-order valence-corrected chi connectivity index (χ2v) is 8.50. The molecule has 36 heavy (non-hydrogen) atoms. The molecule has 0 radical (unpaired) electrons. The summed E-state index contributed by atoms with van der Waals surface area (Å²) in [4.78, 5) is 0. The Balaban J connectivity index is 1.76. The van der Waals surface area contributed by atoms with Crippen molar-refractivity contribution in [2.45, 2.75) is 11.6 Å². The molecule has 0 heterocycles. The second-order valence-electron chi connectivity index (χ2n) is 8.50. The molecule has 178 valence electrons. The summed E-state index contributed by atoms with van der Waals surface area (Å²) in [5, 5.41) is 0. The molecule has 0 N–H and O–H groups in total. The Bertz CT molecular complexity index is 1370. The van der Waals surface area contributed by atoms with Gasteiger partial charge in [0.1, 0.15) is 11.5 Å². The molecule has 0 amide bonds. The van der Waals surface area contributed by atoms with E-state index in [1.807, 2.05) is 115 Å². The zero-order valence-corrected chi connectivity index (χ0v) is 19.3. The summed E-state index contributed by atoms with van der Waals surface area (Å²) in [7, 11) is 0. The fourth-order valence-corrected chi connectivity index (χ4v) is 4.70. The molecule has 5 aromatic rings. The fourth-order valence-electron chi connectivity index (χ4n) is 4.70. The Hall–Kier alpha value is -4.31. The van der Waals surface area contributed by atoms with E-state index in [2.05, 4.69) is 0 Å². The number of alkyl halides is 3. The Morgan fingerprint density at radius 3 is 1.33 bits per heavy atom. The lowest BCUT2D eigenvalue weighted by Gasteiger charge is -2.37. The third-order valence-electron chi connectivity index (χ3n) is 6.30. The Morgan fingerprint density at radius 2 is 0.806 bits per heavy atom. The molecule has 0 aliphatic rings.